The highest BCUT2D eigenvalue weighted by Gasteiger charge is 2.25. The summed E-state index contributed by atoms with van der Waals surface area (Å²) in [4.78, 5) is 39.1. The van der Waals surface area contributed by atoms with Crippen LogP contribution in [-0.2, 0) is 4.79 Å². The third-order valence-electron chi connectivity index (χ3n) is 4.36. The van der Waals surface area contributed by atoms with Crippen molar-refractivity contribution in [2.24, 2.45) is 0 Å². The van der Waals surface area contributed by atoms with Gasteiger partial charge in [0.2, 0.25) is 5.91 Å². The second-order valence-corrected chi connectivity index (χ2v) is 6.24. The van der Waals surface area contributed by atoms with Gasteiger partial charge in [-0.2, -0.15) is 5.10 Å². The number of carbonyl (C=O) groups is 2. The van der Waals surface area contributed by atoms with Crippen molar-refractivity contribution in [3.63, 3.8) is 0 Å². The number of piperazine rings is 1. The van der Waals surface area contributed by atoms with Crippen molar-refractivity contribution >= 4 is 11.8 Å². The smallest absolute Gasteiger partial charge is 0.274 e. The summed E-state index contributed by atoms with van der Waals surface area (Å²) in [5.41, 5.74) is -0.148. The predicted molar refractivity (Wildman–Crippen MR) is 98.5 cm³/mol. The number of H-pyrrole nitrogens is 1. The quantitative estimate of drug-likeness (QED) is 0.763. The maximum absolute atomic E-state index is 12.4. The van der Waals surface area contributed by atoms with Gasteiger partial charge in [0.15, 0.2) is 0 Å². The van der Waals surface area contributed by atoms with Gasteiger partial charge in [0.25, 0.3) is 11.5 Å². The van der Waals surface area contributed by atoms with E-state index in [4.69, 9.17) is 4.74 Å². The van der Waals surface area contributed by atoms with E-state index in [0.29, 0.717) is 45.6 Å². The van der Waals surface area contributed by atoms with Crippen LogP contribution in [0.1, 0.15) is 23.3 Å². The summed E-state index contributed by atoms with van der Waals surface area (Å²) in [6, 6.07) is 12.2. The van der Waals surface area contributed by atoms with Gasteiger partial charge in [-0.25, -0.2) is 5.10 Å². The van der Waals surface area contributed by atoms with Crippen LogP contribution in [0.4, 0.5) is 0 Å². The number of amides is 2. The van der Waals surface area contributed by atoms with E-state index in [2.05, 4.69) is 10.2 Å². The zero-order valence-electron chi connectivity index (χ0n) is 15.0. The molecule has 1 N–H and O–H groups in total. The number of para-hydroxylation sites is 1. The molecule has 1 fully saturated rings. The van der Waals surface area contributed by atoms with Crippen molar-refractivity contribution in [3.8, 4) is 5.75 Å². The number of aromatic nitrogens is 2. The van der Waals surface area contributed by atoms with E-state index >= 15 is 0 Å². The molecule has 0 aliphatic carbocycles. The van der Waals surface area contributed by atoms with Crippen molar-refractivity contribution in [1.82, 2.24) is 20.0 Å². The van der Waals surface area contributed by atoms with E-state index in [1.165, 1.54) is 12.1 Å². The van der Waals surface area contributed by atoms with Gasteiger partial charge in [-0.15, -0.1) is 0 Å². The number of rotatable bonds is 6. The molecule has 0 bridgehead atoms. The van der Waals surface area contributed by atoms with Gasteiger partial charge in [0.05, 0.1) is 6.61 Å². The molecule has 0 unspecified atom stereocenters. The van der Waals surface area contributed by atoms with Gasteiger partial charge in [0.1, 0.15) is 11.4 Å². The summed E-state index contributed by atoms with van der Waals surface area (Å²) in [5.74, 6) is 0.628. The van der Waals surface area contributed by atoms with Gasteiger partial charge in [-0.1, -0.05) is 18.2 Å². The van der Waals surface area contributed by atoms with Gasteiger partial charge in [-0.05, 0) is 24.6 Å². The van der Waals surface area contributed by atoms with Crippen LogP contribution in [0, 0.1) is 0 Å². The van der Waals surface area contributed by atoms with Crippen LogP contribution in [0.3, 0.4) is 0 Å². The predicted octanol–water partition coefficient (Wildman–Crippen LogP) is 0.913. The van der Waals surface area contributed by atoms with Crippen LogP contribution < -0.4 is 10.3 Å². The molecule has 1 saturated heterocycles. The van der Waals surface area contributed by atoms with Gasteiger partial charge in [-0.3, -0.25) is 14.4 Å². The Bertz CT molecular complexity index is 809. The molecule has 0 spiro atoms. The Hall–Kier alpha value is -3.16. The van der Waals surface area contributed by atoms with Crippen LogP contribution >= 0.6 is 0 Å². The van der Waals surface area contributed by atoms with E-state index in [9.17, 15) is 14.4 Å². The van der Waals surface area contributed by atoms with Crippen molar-refractivity contribution in [1.29, 1.82) is 0 Å². The number of nitrogens with zero attached hydrogens (tertiary/aromatic N) is 3. The molecule has 1 aromatic heterocycles. The molecule has 2 heterocycles. The third-order valence-corrected chi connectivity index (χ3v) is 4.36. The Balaban J connectivity index is 1.39. The average molecular weight is 370 g/mol. The summed E-state index contributed by atoms with van der Waals surface area (Å²) in [7, 11) is 0. The Morgan fingerprint density at radius 2 is 1.70 bits per heavy atom. The molecule has 1 aliphatic rings. The highest BCUT2D eigenvalue weighted by atomic mass is 16.5. The topological polar surface area (TPSA) is 95.6 Å². The fourth-order valence-electron chi connectivity index (χ4n) is 2.87. The first-order chi connectivity index (χ1) is 13.1. The highest BCUT2D eigenvalue weighted by molar-refractivity contribution is 5.92. The van der Waals surface area contributed by atoms with Crippen molar-refractivity contribution in [2.75, 3.05) is 32.8 Å². The van der Waals surface area contributed by atoms with E-state index in [1.54, 1.807) is 9.80 Å². The lowest BCUT2D eigenvalue weighted by molar-refractivity contribution is -0.132. The summed E-state index contributed by atoms with van der Waals surface area (Å²) in [6.45, 7) is 2.38. The third kappa shape index (κ3) is 5.16. The first-order valence-electron chi connectivity index (χ1n) is 8.94. The van der Waals surface area contributed by atoms with Crippen LogP contribution in [0.25, 0.3) is 0 Å². The molecule has 1 aromatic carbocycles. The first-order valence-corrected chi connectivity index (χ1v) is 8.94. The molecule has 8 heteroatoms. The van der Waals surface area contributed by atoms with Gasteiger partial charge >= 0.3 is 0 Å². The molecule has 8 nitrogen and oxygen atoms in total. The normalized spacial score (nSPS) is 14.1. The standard InChI is InChI=1S/C19H22N4O4/c24-17-9-8-16(20-21-17)19(26)23-12-10-22(11-13-23)18(25)7-4-14-27-15-5-2-1-3-6-15/h1-3,5-6,8-9H,4,7,10-14H2,(H,21,24). The van der Waals surface area contributed by atoms with Crippen LogP contribution in [0.2, 0.25) is 0 Å². The van der Waals surface area contributed by atoms with E-state index in [1.807, 2.05) is 30.3 Å². The maximum Gasteiger partial charge on any atom is 0.274 e. The lowest BCUT2D eigenvalue weighted by Gasteiger charge is -2.34. The van der Waals surface area contributed by atoms with Gasteiger partial charge in [0, 0.05) is 38.7 Å². The highest BCUT2D eigenvalue weighted by Crippen LogP contribution is 2.11. The molecule has 3 rings (SSSR count). The number of hydrogen-bond acceptors (Lipinski definition) is 5. The van der Waals surface area contributed by atoms with Crippen LogP contribution in [0.15, 0.2) is 47.3 Å². The largest absolute Gasteiger partial charge is 0.494 e. The molecule has 0 radical (unpaired) electrons. The SMILES string of the molecule is O=C(CCCOc1ccccc1)N1CCN(C(=O)c2ccc(=O)[nH]n2)CC1. The number of carbonyl (C=O) groups excluding carboxylic acids is 2. The Morgan fingerprint density at radius 3 is 2.37 bits per heavy atom. The fraction of sp³-hybridized carbons (Fsp3) is 0.368. The Labute approximate surface area is 156 Å². The minimum absolute atomic E-state index is 0.0703. The molecule has 27 heavy (non-hydrogen) atoms. The lowest BCUT2D eigenvalue weighted by atomic mass is 10.2. The zero-order chi connectivity index (χ0) is 19.1. The second kappa shape index (κ2) is 8.98. The summed E-state index contributed by atoms with van der Waals surface area (Å²) >= 11 is 0. The second-order valence-electron chi connectivity index (χ2n) is 6.24. The number of ether oxygens (including phenoxy) is 1. The van der Waals surface area contributed by atoms with Crippen molar-refractivity contribution in [3.05, 3.63) is 58.5 Å². The van der Waals surface area contributed by atoms with Gasteiger partial charge < -0.3 is 14.5 Å². The summed E-state index contributed by atoms with van der Waals surface area (Å²) < 4.78 is 5.59. The molecule has 2 amide bonds. The van der Waals surface area contributed by atoms with Crippen molar-refractivity contribution in [2.45, 2.75) is 12.8 Å². The molecule has 1 aliphatic heterocycles. The molecule has 0 atom stereocenters. The summed E-state index contributed by atoms with van der Waals surface area (Å²) in [6.07, 6.45) is 1.07. The minimum Gasteiger partial charge on any atom is -0.494 e. The Morgan fingerprint density at radius 1 is 1.00 bits per heavy atom. The maximum atomic E-state index is 12.4. The molecule has 142 valence electrons. The van der Waals surface area contributed by atoms with Crippen LogP contribution in [-0.4, -0.2) is 64.6 Å². The lowest BCUT2D eigenvalue weighted by Crippen LogP contribution is -2.50. The molecule has 0 saturated carbocycles. The van der Waals surface area contributed by atoms with E-state index in [-0.39, 0.29) is 23.1 Å². The zero-order valence-corrected chi connectivity index (χ0v) is 15.0. The molecular formula is C19H22N4O4. The Kier molecular flexibility index (Phi) is 6.19. The van der Waals surface area contributed by atoms with Crippen molar-refractivity contribution < 1.29 is 14.3 Å². The fourth-order valence-corrected chi connectivity index (χ4v) is 2.87. The molecular weight excluding hydrogens is 348 g/mol. The average Bonchev–Trinajstić information content (AvgIpc) is 2.72. The first kappa shape index (κ1) is 18.6. The van der Waals surface area contributed by atoms with Crippen LogP contribution in [0.5, 0.6) is 5.75 Å². The monoisotopic (exact) mass is 370 g/mol. The molecule has 2 aromatic rings. The number of nitrogens with one attached hydrogen (secondary N) is 1. The summed E-state index contributed by atoms with van der Waals surface area (Å²) in [5, 5.41) is 6.02. The minimum atomic E-state index is -0.349. The van der Waals surface area contributed by atoms with E-state index in [0.717, 1.165) is 5.75 Å². The number of hydrogen-bond donors (Lipinski definition) is 1. The number of aromatic amines is 1. The number of benzene rings is 1. The van der Waals surface area contributed by atoms with E-state index < -0.39 is 0 Å².